The third kappa shape index (κ3) is 2.02. The molecule has 1 unspecified atom stereocenters. The summed E-state index contributed by atoms with van der Waals surface area (Å²) in [6.07, 6.45) is 9.87. The number of aryl methyl sites for hydroxylation is 1. The van der Waals surface area contributed by atoms with Crippen molar-refractivity contribution in [1.29, 1.82) is 0 Å². The van der Waals surface area contributed by atoms with Crippen LogP contribution >= 0.6 is 0 Å². The Morgan fingerprint density at radius 3 is 2.94 bits per heavy atom. The van der Waals surface area contributed by atoms with E-state index in [0.717, 1.165) is 31.2 Å². The summed E-state index contributed by atoms with van der Waals surface area (Å²) >= 11 is 0. The molecule has 0 radical (unpaired) electrons. The van der Waals surface area contributed by atoms with Crippen LogP contribution in [0.3, 0.4) is 0 Å². The Labute approximate surface area is 103 Å². The number of aromatic nitrogens is 1. The van der Waals surface area contributed by atoms with Crippen LogP contribution in [-0.2, 0) is 6.42 Å². The van der Waals surface area contributed by atoms with Crippen molar-refractivity contribution in [2.75, 3.05) is 0 Å². The van der Waals surface area contributed by atoms with Gasteiger partial charge in [0.25, 0.3) is 0 Å². The minimum absolute atomic E-state index is 0.295. The fraction of sp³-hybridized carbons (Fsp3) is 0.533. The van der Waals surface area contributed by atoms with Crippen molar-refractivity contribution in [1.82, 2.24) is 4.57 Å². The molecule has 0 fully saturated rings. The van der Waals surface area contributed by atoms with Crippen LogP contribution in [0.5, 0.6) is 0 Å². The van der Waals surface area contributed by atoms with Gasteiger partial charge in [0.2, 0.25) is 0 Å². The van der Waals surface area contributed by atoms with E-state index < -0.39 is 0 Å². The maximum Gasteiger partial charge on any atom is 0.164 e. The van der Waals surface area contributed by atoms with Crippen molar-refractivity contribution in [2.24, 2.45) is 0 Å². The zero-order valence-corrected chi connectivity index (χ0v) is 10.6. The lowest BCUT2D eigenvalue weighted by Crippen LogP contribution is -2.17. The Morgan fingerprint density at radius 2 is 2.29 bits per heavy atom. The SMILES string of the molecule is C#CCC(CC)n1c(C)cc2c1CCCC2=O. The fourth-order valence-electron chi connectivity index (χ4n) is 2.81. The molecule has 0 saturated carbocycles. The number of terminal acetylenes is 1. The van der Waals surface area contributed by atoms with Crippen LogP contribution in [0, 0.1) is 19.3 Å². The lowest BCUT2D eigenvalue weighted by molar-refractivity contribution is 0.0971. The van der Waals surface area contributed by atoms with Crippen molar-refractivity contribution in [3.8, 4) is 12.3 Å². The second-order valence-corrected chi connectivity index (χ2v) is 4.76. The van der Waals surface area contributed by atoms with Gasteiger partial charge in [-0.15, -0.1) is 12.3 Å². The van der Waals surface area contributed by atoms with E-state index in [0.29, 0.717) is 18.2 Å². The number of rotatable bonds is 3. The number of hydrogen-bond donors (Lipinski definition) is 0. The Bertz CT molecular complexity index is 476. The molecule has 1 atom stereocenters. The van der Waals surface area contributed by atoms with Gasteiger partial charge in [0, 0.05) is 35.8 Å². The van der Waals surface area contributed by atoms with E-state index in [1.165, 1.54) is 11.4 Å². The maximum absolute atomic E-state index is 11.9. The van der Waals surface area contributed by atoms with Gasteiger partial charge in [-0.05, 0) is 32.3 Å². The van der Waals surface area contributed by atoms with Gasteiger partial charge in [-0.3, -0.25) is 4.79 Å². The van der Waals surface area contributed by atoms with Crippen LogP contribution in [0.15, 0.2) is 6.07 Å². The number of fused-ring (bicyclic) bond motifs is 1. The van der Waals surface area contributed by atoms with Crippen LogP contribution in [0.2, 0.25) is 0 Å². The third-order valence-electron chi connectivity index (χ3n) is 3.64. The van der Waals surface area contributed by atoms with Gasteiger partial charge >= 0.3 is 0 Å². The van der Waals surface area contributed by atoms with E-state index in [1.807, 2.05) is 6.07 Å². The summed E-state index contributed by atoms with van der Waals surface area (Å²) < 4.78 is 2.30. The largest absolute Gasteiger partial charge is 0.344 e. The zero-order chi connectivity index (χ0) is 12.4. The molecule has 2 rings (SSSR count). The van der Waals surface area contributed by atoms with Crippen molar-refractivity contribution in [3.63, 3.8) is 0 Å². The highest BCUT2D eigenvalue weighted by Gasteiger charge is 2.24. The molecule has 1 aliphatic rings. The van der Waals surface area contributed by atoms with E-state index in [-0.39, 0.29) is 0 Å². The van der Waals surface area contributed by atoms with Gasteiger partial charge in [0.1, 0.15) is 0 Å². The number of nitrogens with zero attached hydrogens (tertiary/aromatic N) is 1. The summed E-state index contributed by atoms with van der Waals surface area (Å²) in [5, 5.41) is 0. The second kappa shape index (κ2) is 4.79. The molecule has 0 N–H and O–H groups in total. The number of carbonyl (C=O) groups excluding carboxylic acids is 1. The van der Waals surface area contributed by atoms with Crippen molar-refractivity contribution < 1.29 is 4.79 Å². The minimum Gasteiger partial charge on any atom is -0.344 e. The predicted octanol–water partition coefficient (Wildman–Crippen LogP) is 3.29. The molecule has 1 aliphatic carbocycles. The second-order valence-electron chi connectivity index (χ2n) is 4.76. The number of ketones is 1. The van der Waals surface area contributed by atoms with Gasteiger partial charge in [0.05, 0.1) is 0 Å². The Morgan fingerprint density at radius 1 is 1.53 bits per heavy atom. The monoisotopic (exact) mass is 229 g/mol. The molecule has 0 spiro atoms. The summed E-state index contributed by atoms with van der Waals surface area (Å²) in [6.45, 7) is 4.23. The van der Waals surface area contributed by atoms with Gasteiger partial charge in [-0.25, -0.2) is 0 Å². The number of hydrogen-bond acceptors (Lipinski definition) is 1. The van der Waals surface area contributed by atoms with Crippen LogP contribution in [-0.4, -0.2) is 10.4 Å². The highest BCUT2D eigenvalue weighted by atomic mass is 16.1. The van der Waals surface area contributed by atoms with Gasteiger partial charge < -0.3 is 4.57 Å². The number of Topliss-reactive ketones (excluding diaryl/α,β-unsaturated/α-hetero) is 1. The van der Waals surface area contributed by atoms with Crippen LogP contribution < -0.4 is 0 Å². The Kier molecular flexibility index (Phi) is 3.38. The highest BCUT2D eigenvalue weighted by molar-refractivity contribution is 5.98. The van der Waals surface area contributed by atoms with Crippen molar-refractivity contribution in [3.05, 3.63) is 23.0 Å². The van der Waals surface area contributed by atoms with Crippen molar-refractivity contribution in [2.45, 2.75) is 52.0 Å². The first-order chi connectivity index (χ1) is 8.19. The lowest BCUT2D eigenvalue weighted by Gasteiger charge is -2.22. The summed E-state index contributed by atoms with van der Waals surface area (Å²) in [5.74, 6) is 3.04. The first kappa shape index (κ1) is 12.0. The zero-order valence-electron chi connectivity index (χ0n) is 10.6. The Hall–Kier alpha value is -1.49. The topological polar surface area (TPSA) is 22.0 Å². The van der Waals surface area contributed by atoms with E-state index >= 15 is 0 Å². The van der Waals surface area contributed by atoms with Crippen LogP contribution in [0.1, 0.15) is 60.4 Å². The molecule has 2 heteroatoms. The van der Waals surface area contributed by atoms with E-state index in [4.69, 9.17) is 6.42 Å². The molecule has 1 heterocycles. The average molecular weight is 229 g/mol. The Balaban J connectivity index is 2.47. The number of carbonyl (C=O) groups is 1. The van der Waals surface area contributed by atoms with E-state index in [2.05, 4.69) is 24.3 Å². The van der Waals surface area contributed by atoms with Crippen molar-refractivity contribution >= 4 is 5.78 Å². The fourth-order valence-corrected chi connectivity index (χ4v) is 2.81. The van der Waals surface area contributed by atoms with Gasteiger partial charge in [-0.1, -0.05) is 6.92 Å². The van der Waals surface area contributed by atoms with Gasteiger partial charge in [-0.2, -0.15) is 0 Å². The molecule has 0 saturated heterocycles. The maximum atomic E-state index is 11.9. The quantitative estimate of drug-likeness (QED) is 0.729. The molecule has 0 aromatic carbocycles. The molecule has 1 aromatic rings. The molecule has 17 heavy (non-hydrogen) atoms. The highest BCUT2D eigenvalue weighted by Crippen LogP contribution is 2.30. The van der Waals surface area contributed by atoms with E-state index in [1.54, 1.807) is 0 Å². The molecular weight excluding hydrogens is 210 g/mol. The first-order valence-corrected chi connectivity index (χ1v) is 6.36. The molecule has 0 aliphatic heterocycles. The standard InChI is InChI=1S/C15H19NO/c1-4-7-12(5-2)16-11(3)10-13-14(16)8-6-9-15(13)17/h1,10,12H,5-9H2,2-3H3. The average Bonchev–Trinajstić information content (AvgIpc) is 2.64. The van der Waals surface area contributed by atoms with Gasteiger partial charge in [0.15, 0.2) is 5.78 Å². The molecule has 0 amide bonds. The van der Waals surface area contributed by atoms with E-state index in [9.17, 15) is 4.79 Å². The smallest absolute Gasteiger partial charge is 0.164 e. The lowest BCUT2D eigenvalue weighted by atomic mass is 9.96. The molecule has 2 nitrogen and oxygen atoms in total. The first-order valence-electron chi connectivity index (χ1n) is 6.36. The minimum atomic E-state index is 0.295. The molecule has 90 valence electrons. The summed E-state index contributed by atoms with van der Waals surface area (Å²) in [6, 6.07) is 2.38. The predicted molar refractivity (Wildman–Crippen MR) is 69.2 cm³/mol. The molecular formula is C15H19NO. The third-order valence-corrected chi connectivity index (χ3v) is 3.64. The normalized spacial score (nSPS) is 16.4. The summed E-state index contributed by atoms with van der Waals surface area (Å²) in [7, 11) is 0. The van der Waals surface area contributed by atoms with Crippen LogP contribution in [0.4, 0.5) is 0 Å². The molecule has 0 bridgehead atoms. The summed E-state index contributed by atoms with van der Waals surface area (Å²) in [4.78, 5) is 11.9. The van der Waals surface area contributed by atoms with Crippen LogP contribution in [0.25, 0.3) is 0 Å². The summed E-state index contributed by atoms with van der Waals surface area (Å²) in [5.41, 5.74) is 3.32. The molecule has 1 aromatic heterocycles.